The minimum absolute atomic E-state index is 0.363. The van der Waals surface area contributed by atoms with Crippen LogP contribution in [0.25, 0.3) is 11.5 Å². The summed E-state index contributed by atoms with van der Waals surface area (Å²) in [5.41, 5.74) is 2.03. The molecule has 2 aliphatic carbocycles. The molecule has 0 aromatic carbocycles. The highest BCUT2D eigenvalue weighted by Gasteiger charge is 2.34. The van der Waals surface area contributed by atoms with Gasteiger partial charge in [0.25, 0.3) is 5.89 Å². The molecule has 10 heteroatoms. The van der Waals surface area contributed by atoms with Crippen LogP contribution in [-0.4, -0.2) is 45.1 Å². The molecule has 0 radical (unpaired) electrons. The summed E-state index contributed by atoms with van der Waals surface area (Å²) < 4.78 is 10.5. The molecular weight excluding hydrogens is 408 g/mol. The number of carboxylic acid groups (broad SMARTS) is 1. The first-order valence-electron chi connectivity index (χ1n) is 10.6. The summed E-state index contributed by atoms with van der Waals surface area (Å²) in [6, 6.07) is -0.363. The van der Waals surface area contributed by atoms with Gasteiger partial charge in [-0.2, -0.15) is 4.98 Å². The van der Waals surface area contributed by atoms with Crippen LogP contribution in [0.1, 0.15) is 67.1 Å². The summed E-state index contributed by atoms with van der Waals surface area (Å²) in [4.78, 5) is 31.2. The Hall–Kier alpha value is -2.62. The van der Waals surface area contributed by atoms with Crippen LogP contribution in [0, 0.1) is 0 Å². The average Bonchev–Trinajstić information content (AvgIpc) is 3.21. The molecule has 2 aromatic heterocycles. The van der Waals surface area contributed by atoms with Crippen molar-refractivity contribution in [3.05, 3.63) is 16.3 Å². The number of anilines is 1. The van der Waals surface area contributed by atoms with E-state index in [1.165, 1.54) is 21.8 Å². The third-order valence-corrected chi connectivity index (χ3v) is 7.14. The van der Waals surface area contributed by atoms with Crippen LogP contribution < -0.4 is 5.32 Å². The van der Waals surface area contributed by atoms with Gasteiger partial charge in [-0.3, -0.25) is 10.2 Å². The predicted molar refractivity (Wildman–Crippen MR) is 109 cm³/mol. The van der Waals surface area contributed by atoms with E-state index in [9.17, 15) is 9.59 Å². The van der Waals surface area contributed by atoms with E-state index in [-0.39, 0.29) is 6.03 Å². The Morgan fingerprint density at radius 3 is 2.80 bits per heavy atom. The molecule has 0 spiro atoms. The van der Waals surface area contributed by atoms with Crippen molar-refractivity contribution in [3.63, 3.8) is 0 Å². The zero-order valence-corrected chi connectivity index (χ0v) is 17.4. The van der Waals surface area contributed by atoms with Crippen LogP contribution in [0.5, 0.6) is 0 Å². The Morgan fingerprint density at radius 1 is 1.17 bits per heavy atom. The van der Waals surface area contributed by atoms with Crippen LogP contribution in [0.15, 0.2) is 4.52 Å². The Morgan fingerprint density at radius 2 is 2.00 bits per heavy atom. The van der Waals surface area contributed by atoms with Gasteiger partial charge in [0, 0.05) is 23.8 Å². The smallest absolute Gasteiger partial charge is 0.450 e. The van der Waals surface area contributed by atoms with Gasteiger partial charge in [0.2, 0.25) is 0 Å². The lowest BCUT2D eigenvalue weighted by Gasteiger charge is -2.23. The number of aryl methyl sites for hydroxylation is 1. The number of thiophene rings is 1. The number of hydrogen-bond acceptors (Lipinski definition) is 7. The molecule has 5 rings (SSSR count). The van der Waals surface area contributed by atoms with Crippen molar-refractivity contribution in [1.82, 2.24) is 15.0 Å². The van der Waals surface area contributed by atoms with Crippen molar-refractivity contribution in [2.45, 2.75) is 69.9 Å². The number of fused-ring (bicyclic) bond motifs is 1. The number of aromatic nitrogens is 2. The lowest BCUT2D eigenvalue weighted by Crippen LogP contribution is -2.40. The van der Waals surface area contributed by atoms with E-state index < -0.39 is 12.4 Å². The van der Waals surface area contributed by atoms with Crippen molar-refractivity contribution in [2.75, 3.05) is 11.9 Å². The molecule has 1 saturated carbocycles. The lowest BCUT2D eigenvalue weighted by atomic mass is 10.1. The Kier molecular flexibility index (Phi) is 5.10. The van der Waals surface area contributed by atoms with Crippen LogP contribution in [0.2, 0.25) is 0 Å². The fourth-order valence-electron chi connectivity index (χ4n) is 4.28. The zero-order valence-electron chi connectivity index (χ0n) is 16.6. The number of ether oxygens (including phenoxy) is 1. The molecule has 0 bridgehead atoms. The molecule has 2 fully saturated rings. The summed E-state index contributed by atoms with van der Waals surface area (Å²) in [5, 5.41) is 16.8. The number of urea groups is 1. The first-order chi connectivity index (χ1) is 14.6. The normalized spacial score (nSPS) is 21.2. The van der Waals surface area contributed by atoms with Gasteiger partial charge in [0.15, 0.2) is 12.1 Å². The maximum atomic E-state index is 13.0. The summed E-state index contributed by atoms with van der Waals surface area (Å²) in [6.45, 7) is 0.455. The van der Waals surface area contributed by atoms with Crippen LogP contribution in [0.3, 0.4) is 0 Å². The number of nitrogens with zero attached hydrogens (tertiary/aromatic N) is 3. The lowest BCUT2D eigenvalue weighted by molar-refractivity contribution is 0.00507. The molecule has 9 nitrogen and oxygen atoms in total. The third-order valence-electron chi connectivity index (χ3n) is 5.94. The highest BCUT2D eigenvalue weighted by atomic mass is 32.1. The van der Waals surface area contributed by atoms with E-state index >= 15 is 0 Å². The second kappa shape index (κ2) is 7.90. The van der Waals surface area contributed by atoms with E-state index in [0.29, 0.717) is 36.2 Å². The third kappa shape index (κ3) is 3.76. The van der Waals surface area contributed by atoms with E-state index in [1.807, 2.05) is 0 Å². The van der Waals surface area contributed by atoms with Gasteiger partial charge in [-0.1, -0.05) is 11.6 Å². The van der Waals surface area contributed by atoms with Gasteiger partial charge in [-0.25, -0.2) is 9.59 Å². The minimum atomic E-state index is -1.37. The first-order valence-corrected chi connectivity index (χ1v) is 11.4. The number of nitrogens with one attached hydrogen (secondary N) is 1. The molecule has 1 saturated heterocycles. The molecule has 2 amide bonds. The second-order valence-electron chi connectivity index (χ2n) is 8.10. The Bertz CT molecular complexity index is 967. The zero-order chi connectivity index (χ0) is 20.7. The highest BCUT2D eigenvalue weighted by Crippen LogP contribution is 2.45. The topological polar surface area (TPSA) is 118 Å². The molecule has 0 unspecified atom stereocenters. The van der Waals surface area contributed by atoms with Gasteiger partial charge >= 0.3 is 12.2 Å². The second-order valence-corrected chi connectivity index (χ2v) is 9.21. The number of rotatable bonds is 4. The fourth-order valence-corrected chi connectivity index (χ4v) is 5.55. The number of likely N-dealkylation sites (tertiary alicyclic amines) is 1. The van der Waals surface area contributed by atoms with Gasteiger partial charge in [-0.15, -0.1) is 11.3 Å². The largest absolute Gasteiger partial charge is 0.507 e. The predicted octanol–water partition coefficient (Wildman–Crippen LogP) is 4.59. The molecule has 30 heavy (non-hydrogen) atoms. The van der Waals surface area contributed by atoms with Crippen molar-refractivity contribution < 1.29 is 24.0 Å². The number of carbonyl (C=O) groups excluding carboxylic acids is 1. The van der Waals surface area contributed by atoms with Crippen molar-refractivity contribution in [2.24, 2.45) is 0 Å². The maximum absolute atomic E-state index is 13.0. The van der Waals surface area contributed by atoms with Gasteiger partial charge in [0.05, 0.1) is 5.56 Å². The fraction of sp³-hybridized carbons (Fsp3) is 0.600. The van der Waals surface area contributed by atoms with E-state index in [2.05, 4.69) is 15.5 Å². The maximum Gasteiger partial charge on any atom is 0.507 e. The Labute approximate surface area is 177 Å². The first kappa shape index (κ1) is 19.3. The number of carbonyl (C=O) groups is 2. The van der Waals surface area contributed by atoms with Gasteiger partial charge in [0.1, 0.15) is 5.00 Å². The standard InChI is InChI=1S/C20H24N4O5S/c25-19(24-10-4-7-14(24)28-20(26)27)22-18-15(12-5-2-1-3-6-13(12)30-18)17-21-16(23-29-17)11-8-9-11/h11,14H,1-10H2,(H,22,25)(H,26,27)/t14-/m0/s1. The molecule has 2 aromatic rings. The van der Waals surface area contributed by atoms with Crippen LogP contribution in [-0.2, 0) is 17.6 Å². The molecule has 1 aliphatic heterocycles. The monoisotopic (exact) mass is 432 g/mol. The minimum Gasteiger partial charge on any atom is -0.450 e. The molecule has 1 atom stereocenters. The Balaban J connectivity index is 1.45. The summed E-state index contributed by atoms with van der Waals surface area (Å²) in [5.74, 6) is 1.59. The van der Waals surface area contributed by atoms with Crippen LogP contribution >= 0.6 is 11.3 Å². The molecule has 2 N–H and O–H groups in total. The summed E-state index contributed by atoms with van der Waals surface area (Å²) >= 11 is 1.56. The molecule has 160 valence electrons. The summed E-state index contributed by atoms with van der Waals surface area (Å²) in [7, 11) is 0. The van der Waals surface area contributed by atoms with Gasteiger partial charge in [-0.05, 0) is 50.5 Å². The highest BCUT2D eigenvalue weighted by molar-refractivity contribution is 7.17. The quantitative estimate of drug-likeness (QED) is 0.536. The SMILES string of the molecule is O=C(O)O[C@H]1CCCN1C(=O)Nc1sc2c(c1-c1nc(C3CC3)no1)CCCCC2. The van der Waals surface area contributed by atoms with Crippen molar-refractivity contribution in [1.29, 1.82) is 0 Å². The number of amides is 2. The van der Waals surface area contributed by atoms with Crippen molar-refractivity contribution in [3.8, 4) is 11.5 Å². The van der Waals surface area contributed by atoms with Crippen molar-refractivity contribution >= 4 is 28.5 Å². The van der Waals surface area contributed by atoms with E-state index in [4.69, 9.17) is 14.4 Å². The van der Waals surface area contributed by atoms with Gasteiger partial charge < -0.3 is 14.4 Å². The van der Waals surface area contributed by atoms with Crippen LogP contribution in [0.4, 0.5) is 14.6 Å². The molecule has 3 heterocycles. The van der Waals surface area contributed by atoms with E-state index in [1.54, 1.807) is 11.3 Å². The average molecular weight is 433 g/mol. The molecular formula is C20H24N4O5S. The number of hydrogen-bond donors (Lipinski definition) is 2. The molecule has 3 aliphatic rings. The summed E-state index contributed by atoms with van der Waals surface area (Å²) in [6.07, 6.45) is 6.54. The van der Waals surface area contributed by atoms with E-state index in [0.717, 1.165) is 49.9 Å².